The van der Waals surface area contributed by atoms with Crippen LogP contribution in [0, 0.1) is 6.92 Å². The van der Waals surface area contributed by atoms with Crippen LogP contribution in [-0.2, 0) is 13.6 Å². The van der Waals surface area contributed by atoms with E-state index in [0.29, 0.717) is 18.0 Å². The number of rotatable bonds is 5. The minimum absolute atomic E-state index is 0.0993. The first kappa shape index (κ1) is 18.1. The van der Waals surface area contributed by atoms with Crippen LogP contribution in [0.1, 0.15) is 40.3 Å². The monoisotopic (exact) mass is 377 g/mol. The lowest BCUT2D eigenvalue weighted by molar-refractivity contribution is 0.0667. The van der Waals surface area contributed by atoms with Gasteiger partial charge in [0.1, 0.15) is 0 Å². The molecule has 3 aromatic rings. The molecule has 0 aliphatic carbocycles. The van der Waals surface area contributed by atoms with Gasteiger partial charge in [-0.15, -0.1) is 0 Å². The number of nitrogens with zero attached hydrogens (tertiary/aromatic N) is 3. The van der Waals surface area contributed by atoms with Crippen molar-refractivity contribution < 1.29 is 14.3 Å². The number of amides is 1. The molecule has 4 rings (SSSR count). The van der Waals surface area contributed by atoms with Gasteiger partial charge in [-0.2, -0.15) is 5.10 Å². The molecule has 1 amide bonds. The third-order valence-corrected chi connectivity index (χ3v) is 5.13. The first-order valence-corrected chi connectivity index (χ1v) is 9.28. The predicted octanol–water partition coefficient (Wildman–Crippen LogP) is 3.86. The SMILES string of the molecule is Cc1cc(C(=O)N(Cc2ccc3c(c2)OCO3)C(C)c2ccccc2)nn1C. The molecule has 6 heteroatoms. The summed E-state index contributed by atoms with van der Waals surface area (Å²) in [5.41, 5.74) is 3.44. The van der Waals surface area contributed by atoms with Gasteiger partial charge in [0.2, 0.25) is 6.79 Å². The van der Waals surface area contributed by atoms with Crippen LogP contribution < -0.4 is 9.47 Å². The standard InChI is InChI=1S/C22H23N3O3/c1-15-11-19(23-24(15)3)22(26)25(16(2)18-7-5-4-6-8-18)13-17-9-10-20-21(12-17)28-14-27-20/h4-12,16H,13-14H2,1-3H3. The normalized spacial score (nSPS) is 13.4. The van der Waals surface area contributed by atoms with Gasteiger partial charge in [0, 0.05) is 19.3 Å². The van der Waals surface area contributed by atoms with E-state index < -0.39 is 0 Å². The number of benzene rings is 2. The van der Waals surface area contributed by atoms with E-state index in [1.165, 1.54) is 0 Å². The third kappa shape index (κ3) is 3.45. The molecule has 28 heavy (non-hydrogen) atoms. The summed E-state index contributed by atoms with van der Waals surface area (Å²) in [7, 11) is 1.84. The molecule has 0 bridgehead atoms. The summed E-state index contributed by atoms with van der Waals surface area (Å²) in [6.45, 7) is 4.65. The zero-order valence-electron chi connectivity index (χ0n) is 16.3. The zero-order valence-corrected chi connectivity index (χ0v) is 16.3. The Hall–Kier alpha value is -3.28. The second-order valence-corrected chi connectivity index (χ2v) is 7.00. The molecule has 6 nitrogen and oxygen atoms in total. The van der Waals surface area contributed by atoms with Gasteiger partial charge in [-0.25, -0.2) is 0 Å². The quantitative estimate of drug-likeness (QED) is 0.677. The Bertz CT molecular complexity index is 978. The number of aromatic nitrogens is 2. The van der Waals surface area contributed by atoms with E-state index in [1.807, 2.05) is 80.4 Å². The van der Waals surface area contributed by atoms with E-state index in [9.17, 15) is 4.79 Å². The van der Waals surface area contributed by atoms with Gasteiger partial charge >= 0.3 is 0 Å². The van der Waals surface area contributed by atoms with Crippen molar-refractivity contribution in [2.24, 2.45) is 7.05 Å². The largest absolute Gasteiger partial charge is 0.454 e. The number of hydrogen-bond acceptors (Lipinski definition) is 4. The van der Waals surface area contributed by atoms with Crippen LogP contribution >= 0.6 is 0 Å². The highest BCUT2D eigenvalue weighted by Crippen LogP contribution is 2.34. The van der Waals surface area contributed by atoms with Crippen LogP contribution in [0.4, 0.5) is 0 Å². The smallest absolute Gasteiger partial charge is 0.275 e. The number of carbonyl (C=O) groups excluding carboxylic acids is 1. The van der Waals surface area contributed by atoms with Crippen LogP contribution in [0.3, 0.4) is 0 Å². The molecule has 0 N–H and O–H groups in total. The average molecular weight is 377 g/mol. The molecule has 1 aromatic heterocycles. The molecule has 2 aromatic carbocycles. The highest BCUT2D eigenvalue weighted by molar-refractivity contribution is 5.92. The molecule has 0 spiro atoms. The van der Waals surface area contributed by atoms with E-state index in [2.05, 4.69) is 5.10 Å². The number of carbonyl (C=O) groups is 1. The fourth-order valence-electron chi connectivity index (χ4n) is 3.34. The maximum Gasteiger partial charge on any atom is 0.275 e. The number of hydrogen-bond donors (Lipinski definition) is 0. The predicted molar refractivity (Wildman–Crippen MR) is 105 cm³/mol. The lowest BCUT2D eigenvalue weighted by Crippen LogP contribution is -2.33. The van der Waals surface area contributed by atoms with Crippen molar-refractivity contribution in [3.8, 4) is 11.5 Å². The average Bonchev–Trinajstić information content (AvgIpc) is 3.31. The van der Waals surface area contributed by atoms with Crippen molar-refractivity contribution in [1.29, 1.82) is 0 Å². The van der Waals surface area contributed by atoms with Crippen LogP contribution in [0.15, 0.2) is 54.6 Å². The minimum atomic E-state index is -0.110. The number of fused-ring (bicyclic) bond motifs is 1. The van der Waals surface area contributed by atoms with Gasteiger partial charge in [0.05, 0.1) is 6.04 Å². The fourth-order valence-corrected chi connectivity index (χ4v) is 3.34. The van der Waals surface area contributed by atoms with E-state index in [-0.39, 0.29) is 18.7 Å². The number of aryl methyl sites for hydroxylation is 2. The molecule has 0 radical (unpaired) electrons. The van der Waals surface area contributed by atoms with Gasteiger partial charge in [-0.05, 0) is 43.2 Å². The summed E-state index contributed by atoms with van der Waals surface area (Å²) in [5.74, 6) is 1.35. The molecule has 1 atom stereocenters. The van der Waals surface area contributed by atoms with Gasteiger partial charge in [0.15, 0.2) is 17.2 Å². The summed E-state index contributed by atoms with van der Waals surface area (Å²) in [6, 6.07) is 17.5. The van der Waals surface area contributed by atoms with E-state index in [0.717, 1.165) is 22.6 Å². The van der Waals surface area contributed by atoms with Crippen molar-refractivity contribution in [3.63, 3.8) is 0 Å². The first-order chi connectivity index (χ1) is 13.5. The summed E-state index contributed by atoms with van der Waals surface area (Å²) in [6.07, 6.45) is 0. The molecule has 1 aliphatic heterocycles. The highest BCUT2D eigenvalue weighted by atomic mass is 16.7. The summed E-state index contributed by atoms with van der Waals surface area (Å²) in [4.78, 5) is 15.2. The summed E-state index contributed by atoms with van der Waals surface area (Å²) in [5, 5.41) is 4.39. The summed E-state index contributed by atoms with van der Waals surface area (Å²) >= 11 is 0. The van der Waals surface area contributed by atoms with Gasteiger partial charge < -0.3 is 14.4 Å². The fraction of sp³-hybridized carbons (Fsp3) is 0.273. The molecular weight excluding hydrogens is 354 g/mol. The van der Waals surface area contributed by atoms with Crippen LogP contribution in [-0.4, -0.2) is 27.4 Å². The molecule has 0 fully saturated rings. The van der Waals surface area contributed by atoms with Crippen molar-refractivity contribution in [1.82, 2.24) is 14.7 Å². The Labute approximate surface area is 164 Å². The first-order valence-electron chi connectivity index (χ1n) is 9.28. The molecular formula is C22H23N3O3. The topological polar surface area (TPSA) is 56.6 Å². The van der Waals surface area contributed by atoms with Crippen LogP contribution in [0.5, 0.6) is 11.5 Å². The second kappa shape index (κ2) is 7.38. The van der Waals surface area contributed by atoms with Crippen LogP contribution in [0.2, 0.25) is 0 Å². The second-order valence-electron chi connectivity index (χ2n) is 7.00. The van der Waals surface area contributed by atoms with Crippen molar-refractivity contribution in [3.05, 3.63) is 77.1 Å². The molecule has 2 heterocycles. The Morgan fingerprint density at radius 2 is 1.89 bits per heavy atom. The summed E-state index contributed by atoms with van der Waals surface area (Å²) < 4.78 is 12.6. The van der Waals surface area contributed by atoms with E-state index >= 15 is 0 Å². The third-order valence-electron chi connectivity index (χ3n) is 5.13. The lowest BCUT2D eigenvalue weighted by Gasteiger charge is -2.29. The Morgan fingerprint density at radius 1 is 1.14 bits per heavy atom. The van der Waals surface area contributed by atoms with Gasteiger partial charge in [-0.1, -0.05) is 36.4 Å². The minimum Gasteiger partial charge on any atom is -0.454 e. The number of ether oxygens (including phenoxy) is 2. The maximum absolute atomic E-state index is 13.4. The molecule has 1 unspecified atom stereocenters. The van der Waals surface area contributed by atoms with Crippen LogP contribution in [0.25, 0.3) is 0 Å². The van der Waals surface area contributed by atoms with E-state index in [1.54, 1.807) is 4.68 Å². The van der Waals surface area contributed by atoms with Crippen molar-refractivity contribution in [2.45, 2.75) is 26.4 Å². The maximum atomic E-state index is 13.4. The van der Waals surface area contributed by atoms with Crippen molar-refractivity contribution in [2.75, 3.05) is 6.79 Å². The Morgan fingerprint density at radius 3 is 2.61 bits per heavy atom. The molecule has 0 saturated heterocycles. The van der Waals surface area contributed by atoms with Gasteiger partial charge in [-0.3, -0.25) is 9.48 Å². The lowest BCUT2D eigenvalue weighted by atomic mass is 10.0. The molecule has 0 saturated carbocycles. The highest BCUT2D eigenvalue weighted by Gasteiger charge is 2.26. The Balaban J connectivity index is 1.67. The zero-order chi connectivity index (χ0) is 19.7. The van der Waals surface area contributed by atoms with E-state index in [4.69, 9.17) is 9.47 Å². The molecule has 1 aliphatic rings. The van der Waals surface area contributed by atoms with Crippen molar-refractivity contribution >= 4 is 5.91 Å². The Kier molecular flexibility index (Phi) is 4.77. The molecule has 144 valence electrons. The van der Waals surface area contributed by atoms with Gasteiger partial charge in [0.25, 0.3) is 5.91 Å².